The molecule has 0 unspecified atom stereocenters. The van der Waals surface area contributed by atoms with Gasteiger partial charge in [-0.15, -0.1) is 0 Å². The summed E-state index contributed by atoms with van der Waals surface area (Å²) in [6.07, 6.45) is 8.30. The van der Waals surface area contributed by atoms with Gasteiger partial charge in [0, 0.05) is 18.7 Å². The molecule has 140 valence electrons. The Bertz CT molecular complexity index is 909. The zero-order chi connectivity index (χ0) is 18.6. The normalized spacial score (nSPS) is 19.8. The van der Waals surface area contributed by atoms with Crippen LogP contribution in [-0.2, 0) is 4.74 Å². The molecule has 1 aromatic carbocycles. The fourth-order valence-corrected chi connectivity index (χ4v) is 3.61. The van der Waals surface area contributed by atoms with Crippen LogP contribution in [-0.4, -0.2) is 29.3 Å². The number of halogens is 1. The molecular formula is C21H22ClN3O2. The van der Waals surface area contributed by atoms with Crippen LogP contribution >= 0.6 is 11.6 Å². The van der Waals surface area contributed by atoms with E-state index in [9.17, 15) is 0 Å². The highest BCUT2D eigenvalue weighted by atomic mass is 35.5. The van der Waals surface area contributed by atoms with Crippen molar-refractivity contribution in [2.75, 3.05) is 12.4 Å². The van der Waals surface area contributed by atoms with E-state index in [1.165, 1.54) is 0 Å². The lowest BCUT2D eigenvalue weighted by Crippen LogP contribution is -2.27. The van der Waals surface area contributed by atoms with Gasteiger partial charge in [0.05, 0.1) is 24.1 Å². The number of nitrogens with zero attached hydrogens (tertiary/aromatic N) is 2. The molecule has 1 saturated carbocycles. The maximum absolute atomic E-state index is 6.21. The quantitative estimate of drug-likeness (QED) is 0.601. The van der Waals surface area contributed by atoms with Gasteiger partial charge in [0.1, 0.15) is 16.7 Å². The van der Waals surface area contributed by atoms with Gasteiger partial charge in [0.15, 0.2) is 0 Å². The first-order chi connectivity index (χ1) is 13.2. The van der Waals surface area contributed by atoms with Gasteiger partial charge in [-0.2, -0.15) is 0 Å². The molecule has 5 nitrogen and oxygen atoms in total. The van der Waals surface area contributed by atoms with Crippen molar-refractivity contribution in [1.29, 1.82) is 0 Å². The van der Waals surface area contributed by atoms with E-state index in [1.807, 2.05) is 24.3 Å². The number of fused-ring (bicyclic) bond motifs is 1. The van der Waals surface area contributed by atoms with E-state index in [0.717, 1.165) is 53.7 Å². The van der Waals surface area contributed by atoms with Gasteiger partial charge in [-0.05, 0) is 67.5 Å². The first kappa shape index (κ1) is 18.0. The van der Waals surface area contributed by atoms with Crippen LogP contribution in [0.2, 0.25) is 5.15 Å². The third-order valence-corrected chi connectivity index (χ3v) is 5.21. The molecule has 1 aliphatic rings. The Morgan fingerprint density at radius 2 is 1.81 bits per heavy atom. The zero-order valence-corrected chi connectivity index (χ0v) is 15.9. The van der Waals surface area contributed by atoms with Gasteiger partial charge in [-0.1, -0.05) is 11.6 Å². The highest BCUT2D eigenvalue weighted by Crippen LogP contribution is 2.30. The van der Waals surface area contributed by atoms with Crippen molar-refractivity contribution in [2.45, 2.75) is 37.9 Å². The lowest BCUT2D eigenvalue weighted by Gasteiger charge is -2.28. The summed E-state index contributed by atoms with van der Waals surface area (Å²) in [5, 5.41) is 5.88. The predicted octanol–water partition coefficient (Wildman–Crippen LogP) is 5.36. The molecule has 0 aliphatic heterocycles. The molecule has 0 spiro atoms. The van der Waals surface area contributed by atoms with Gasteiger partial charge < -0.3 is 14.8 Å². The van der Waals surface area contributed by atoms with E-state index in [-0.39, 0.29) is 6.10 Å². The summed E-state index contributed by atoms with van der Waals surface area (Å²) < 4.78 is 11.6. The Hall–Kier alpha value is -2.37. The van der Waals surface area contributed by atoms with Crippen LogP contribution in [0.5, 0.6) is 5.75 Å². The molecule has 0 amide bonds. The number of hydrogen-bond acceptors (Lipinski definition) is 5. The molecule has 2 aromatic heterocycles. The Balaban J connectivity index is 1.50. The Labute approximate surface area is 163 Å². The maximum Gasteiger partial charge on any atom is 0.138 e. The molecule has 0 saturated heterocycles. The number of pyridine rings is 2. The molecule has 27 heavy (non-hydrogen) atoms. The van der Waals surface area contributed by atoms with Gasteiger partial charge in [-0.25, -0.2) is 9.97 Å². The average Bonchev–Trinajstić information content (AvgIpc) is 2.70. The number of nitrogens with one attached hydrogen (secondary N) is 1. The lowest BCUT2D eigenvalue weighted by molar-refractivity contribution is 0.0328. The van der Waals surface area contributed by atoms with Crippen LogP contribution in [0.1, 0.15) is 25.7 Å². The SMILES string of the molecule is COC1CCC(Oc2ccc3c(Nc4ccc(Cl)nc4)nccc3c2)CC1. The van der Waals surface area contributed by atoms with Crippen LogP contribution in [0.3, 0.4) is 0 Å². The van der Waals surface area contributed by atoms with E-state index in [4.69, 9.17) is 21.1 Å². The van der Waals surface area contributed by atoms with Gasteiger partial charge >= 0.3 is 0 Å². The standard InChI is InChI=1S/C21H22ClN3O2/c1-26-16-3-5-17(6-4-16)27-18-7-8-19-14(12-18)10-11-23-21(19)25-15-2-9-20(22)24-13-15/h2,7-13,16-17H,3-6H2,1H3,(H,23,25). The number of ether oxygens (including phenoxy) is 2. The number of rotatable bonds is 5. The number of hydrogen-bond donors (Lipinski definition) is 1. The Kier molecular flexibility index (Phi) is 5.41. The molecule has 1 N–H and O–H groups in total. The van der Waals surface area contributed by atoms with E-state index in [2.05, 4.69) is 21.4 Å². The van der Waals surface area contributed by atoms with Crippen molar-refractivity contribution < 1.29 is 9.47 Å². The second-order valence-corrected chi connectivity index (χ2v) is 7.18. The van der Waals surface area contributed by atoms with Crippen LogP contribution in [0.25, 0.3) is 10.8 Å². The smallest absolute Gasteiger partial charge is 0.138 e. The topological polar surface area (TPSA) is 56.3 Å². The fourth-order valence-electron chi connectivity index (χ4n) is 3.49. The molecule has 2 heterocycles. The van der Waals surface area contributed by atoms with Gasteiger partial charge in [0.2, 0.25) is 0 Å². The maximum atomic E-state index is 6.21. The van der Waals surface area contributed by atoms with Crippen LogP contribution in [0, 0.1) is 0 Å². The van der Waals surface area contributed by atoms with E-state index < -0.39 is 0 Å². The summed E-state index contributed by atoms with van der Waals surface area (Å²) in [7, 11) is 1.79. The first-order valence-electron chi connectivity index (χ1n) is 9.18. The molecule has 1 fully saturated rings. The lowest BCUT2D eigenvalue weighted by atomic mass is 9.95. The largest absolute Gasteiger partial charge is 0.490 e. The summed E-state index contributed by atoms with van der Waals surface area (Å²) in [5.41, 5.74) is 0.842. The van der Waals surface area contributed by atoms with Crippen molar-refractivity contribution >= 4 is 33.9 Å². The number of methoxy groups -OCH3 is 1. The summed E-state index contributed by atoms with van der Waals surface area (Å²) >= 11 is 5.85. The third-order valence-electron chi connectivity index (χ3n) is 4.98. The zero-order valence-electron chi connectivity index (χ0n) is 15.2. The number of benzene rings is 1. The van der Waals surface area contributed by atoms with Crippen molar-refractivity contribution in [2.24, 2.45) is 0 Å². The summed E-state index contributed by atoms with van der Waals surface area (Å²) in [5.74, 6) is 1.68. The van der Waals surface area contributed by atoms with E-state index in [0.29, 0.717) is 11.3 Å². The van der Waals surface area contributed by atoms with E-state index >= 15 is 0 Å². The summed E-state index contributed by atoms with van der Waals surface area (Å²) in [4.78, 5) is 8.55. The molecule has 0 atom stereocenters. The molecular weight excluding hydrogens is 362 g/mol. The highest BCUT2D eigenvalue weighted by molar-refractivity contribution is 6.29. The summed E-state index contributed by atoms with van der Waals surface area (Å²) in [6.45, 7) is 0. The van der Waals surface area contributed by atoms with Crippen LogP contribution in [0.4, 0.5) is 11.5 Å². The molecule has 0 bridgehead atoms. The van der Waals surface area contributed by atoms with Crippen molar-refractivity contribution in [1.82, 2.24) is 9.97 Å². The minimum absolute atomic E-state index is 0.258. The minimum atomic E-state index is 0.258. The number of anilines is 2. The van der Waals surface area contributed by atoms with Crippen molar-refractivity contribution in [3.05, 3.63) is 53.9 Å². The van der Waals surface area contributed by atoms with Crippen molar-refractivity contribution in [3.63, 3.8) is 0 Å². The summed E-state index contributed by atoms with van der Waals surface area (Å²) in [6, 6.07) is 11.8. The fraction of sp³-hybridized carbons (Fsp3) is 0.333. The second-order valence-electron chi connectivity index (χ2n) is 6.79. The van der Waals surface area contributed by atoms with Crippen LogP contribution < -0.4 is 10.1 Å². The number of aromatic nitrogens is 2. The first-order valence-corrected chi connectivity index (χ1v) is 9.56. The second kappa shape index (κ2) is 8.11. The monoisotopic (exact) mass is 383 g/mol. The Morgan fingerprint density at radius 3 is 2.56 bits per heavy atom. The van der Waals surface area contributed by atoms with Gasteiger partial charge in [0.25, 0.3) is 0 Å². The van der Waals surface area contributed by atoms with Crippen molar-refractivity contribution in [3.8, 4) is 5.75 Å². The molecule has 3 aromatic rings. The molecule has 1 aliphatic carbocycles. The Morgan fingerprint density at radius 1 is 1.00 bits per heavy atom. The van der Waals surface area contributed by atoms with E-state index in [1.54, 1.807) is 25.6 Å². The minimum Gasteiger partial charge on any atom is -0.490 e. The third kappa shape index (κ3) is 4.31. The predicted molar refractivity (Wildman–Crippen MR) is 108 cm³/mol. The molecule has 0 radical (unpaired) electrons. The highest BCUT2D eigenvalue weighted by Gasteiger charge is 2.22. The average molecular weight is 384 g/mol. The molecule has 4 rings (SSSR count). The molecule has 6 heteroatoms. The van der Waals surface area contributed by atoms with Gasteiger partial charge in [-0.3, -0.25) is 0 Å². The van der Waals surface area contributed by atoms with Crippen LogP contribution in [0.15, 0.2) is 48.8 Å².